The summed E-state index contributed by atoms with van der Waals surface area (Å²) in [6.07, 6.45) is 1.45. The number of benzene rings is 2. The first kappa shape index (κ1) is 20.8. The molecule has 2 heterocycles. The quantitative estimate of drug-likeness (QED) is 0.412. The molecule has 0 bridgehead atoms. The monoisotopic (exact) mass is 454 g/mol. The molecule has 0 aliphatic carbocycles. The van der Waals surface area contributed by atoms with E-state index in [1.165, 1.54) is 42.2 Å². The molecule has 0 atom stereocenters. The maximum absolute atomic E-state index is 12.4. The molecule has 4 rings (SSSR count). The lowest BCUT2D eigenvalue weighted by atomic mass is 10.3. The highest BCUT2D eigenvalue weighted by Crippen LogP contribution is 2.25. The van der Waals surface area contributed by atoms with Gasteiger partial charge < -0.3 is 15.3 Å². The second-order valence-corrected chi connectivity index (χ2v) is 9.14. The normalized spacial score (nSPS) is 11.4. The second kappa shape index (κ2) is 8.74. The van der Waals surface area contributed by atoms with Gasteiger partial charge in [-0.15, -0.1) is 0 Å². The third kappa shape index (κ3) is 5.19. The van der Waals surface area contributed by atoms with E-state index in [0.717, 1.165) is 16.2 Å². The Morgan fingerprint density at radius 3 is 2.68 bits per heavy atom. The summed E-state index contributed by atoms with van der Waals surface area (Å²) in [5.74, 6) is -0.155. The summed E-state index contributed by atoms with van der Waals surface area (Å²) in [6.45, 7) is 1.72. The van der Waals surface area contributed by atoms with Gasteiger partial charge in [-0.25, -0.2) is 18.4 Å². The minimum Gasteiger partial charge on any atom is -0.366 e. The van der Waals surface area contributed by atoms with Crippen molar-refractivity contribution in [3.05, 3.63) is 71.2 Å². The van der Waals surface area contributed by atoms with Crippen molar-refractivity contribution in [2.45, 2.75) is 17.0 Å². The first-order chi connectivity index (χ1) is 14.9. The van der Waals surface area contributed by atoms with E-state index in [9.17, 15) is 13.2 Å². The summed E-state index contributed by atoms with van der Waals surface area (Å²) < 4.78 is 28.5. The third-order valence-electron chi connectivity index (χ3n) is 4.19. The van der Waals surface area contributed by atoms with Gasteiger partial charge in [0.1, 0.15) is 0 Å². The number of carbonyl (C=O) groups excluding carboxylic acids is 1. The summed E-state index contributed by atoms with van der Waals surface area (Å²) in [7, 11) is -3.96. The van der Waals surface area contributed by atoms with Crippen molar-refractivity contribution >= 4 is 50.4 Å². The molecule has 4 aromatic rings. The van der Waals surface area contributed by atoms with Crippen LogP contribution in [0.2, 0.25) is 0 Å². The maximum Gasteiger partial charge on any atom is 0.315 e. The zero-order valence-corrected chi connectivity index (χ0v) is 18.0. The van der Waals surface area contributed by atoms with E-state index in [4.69, 9.17) is 0 Å². The van der Waals surface area contributed by atoms with Crippen molar-refractivity contribution in [1.82, 2.24) is 15.0 Å². The summed E-state index contributed by atoms with van der Waals surface area (Å²) in [6, 6.07) is 15.2. The number of para-hydroxylation sites is 2. The molecule has 2 aromatic heterocycles. The molecule has 0 aliphatic heterocycles. The van der Waals surface area contributed by atoms with Crippen LogP contribution in [-0.4, -0.2) is 35.0 Å². The van der Waals surface area contributed by atoms with E-state index < -0.39 is 10.0 Å². The summed E-state index contributed by atoms with van der Waals surface area (Å²) in [5, 5.41) is 3.52. The molecule has 1 amide bonds. The highest BCUT2D eigenvalue weighted by molar-refractivity contribution is 7.99. The fraction of sp³-hybridized carbons (Fsp3) is 0.100. The van der Waals surface area contributed by atoms with Gasteiger partial charge >= 0.3 is 5.16 Å². The number of imidazole rings is 1. The largest absolute Gasteiger partial charge is 0.366 e. The van der Waals surface area contributed by atoms with Crippen LogP contribution in [0.1, 0.15) is 5.69 Å². The van der Waals surface area contributed by atoms with Crippen LogP contribution < -0.4 is 10.3 Å². The second-order valence-electron chi connectivity index (χ2n) is 6.55. The van der Waals surface area contributed by atoms with Gasteiger partial charge in [-0.3, -0.25) is 9.52 Å². The van der Waals surface area contributed by atoms with Crippen molar-refractivity contribution in [3.63, 3.8) is 0 Å². The molecule has 0 saturated carbocycles. The zero-order chi connectivity index (χ0) is 21.8. The average Bonchev–Trinajstić information content (AvgIpc) is 3.15. The van der Waals surface area contributed by atoms with Gasteiger partial charge in [0.2, 0.25) is 15.9 Å². The number of thioether (sulfide) groups is 1. The van der Waals surface area contributed by atoms with Crippen LogP contribution in [0, 0.1) is 6.92 Å². The molecule has 0 saturated heterocycles. The van der Waals surface area contributed by atoms with Gasteiger partial charge in [0.25, 0.3) is 0 Å². The Kier molecular flexibility index (Phi) is 5.87. The van der Waals surface area contributed by atoms with E-state index in [0.29, 0.717) is 11.4 Å². The lowest BCUT2D eigenvalue weighted by molar-refractivity contribution is -0.396. The Hall–Kier alpha value is -3.44. The highest BCUT2D eigenvalue weighted by atomic mass is 32.2. The minimum atomic E-state index is -3.96. The summed E-state index contributed by atoms with van der Waals surface area (Å²) in [5.41, 5.74) is 3.02. The number of hydrogen-bond acceptors (Lipinski definition) is 6. The lowest BCUT2D eigenvalue weighted by Crippen LogP contribution is -2.15. The number of nitrogens with one attached hydrogen (secondary N) is 3. The standard InChI is InChI=1S/C20H18N6O3S2/c1-13-10-11-21-19(22-13)26-31(28,29)15-8-6-14(7-9-15)23-18(27)12-30-20-24-16-4-2-3-5-17(16)25-20/h2-11H,12H2,1H3,(H3,21,22,23,24,25,26,27). The Balaban J connectivity index is 1.35. The van der Waals surface area contributed by atoms with E-state index in [1.807, 2.05) is 24.3 Å². The number of aromatic nitrogens is 4. The fourth-order valence-electron chi connectivity index (χ4n) is 2.73. The zero-order valence-electron chi connectivity index (χ0n) is 16.4. The topological polar surface area (TPSA) is 133 Å². The van der Waals surface area contributed by atoms with Crippen LogP contribution in [0.4, 0.5) is 11.6 Å². The predicted molar refractivity (Wildman–Crippen MR) is 118 cm³/mol. The van der Waals surface area contributed by atoms with Gasteiger partial charge in [-0.05, 0) is 67.0 Å². The van der Waals surface area contributed by atoms with Crippen LogP contribution in [-0.2, 0) is 14.8 Å². The number of nitrogens with zero attached hydrogens (tertiary/aromatic N) is 3. The molecule has 31 heavy (non-hydrogen) atoms. The Morgan fingerprint density at radius 1 is 1.16 bits per heavy atom. The number of amides is 1. The van der Waals surface area contributed by atoms with Gasteiger partial charge in [0.15, 0.2) is 11.0 Å². The van der Waals surface area contributed by atoms with Crippen LogP contribution in [0.3, 0.4) is 0 Å². The minimum absolute atomic E-state index is 0.0161. The molecular weight excluding hydrogens is 436 g/mol. The molecule has 3 N–H and O–H groups in total. The van der Waals surface area contributed by atoms with Crippen molar-refractivity contribution in [3.8, 4) is 0 Å². The van der Waals surface area contributed by atoms with Crippen LogP contribution in [0.25, 0.3) is 15.8 Å². The number of sulfonamides is 1. The smallest absolute Gasteiger partial charge is 0.315 e. The van der Waals surface area contributed by atoms with E-state index in [2.05, 4.69) is 30.0 Å². The van der Waals surface area contributed by atoms with Crippen LogP contribution in [0.15, 0.2) is 70.8 Å². The lowest BCUT2D eigenvalue weighted by Gasteiger charge is -2.13. The number of anilines is 1. The average molecular weight is 455 g/mol. The predicted octanol–water partition coefficient (Wildman–Crippen LogP) is 3.21. The molecule has 2 aromatic carbocycles. The van der Waals surface area contributed by atoms with Gasteiger partial charge in [-0.1, -0.05) is 18.2 Å². The highest BCUT2D eigenvalue weighted by Gasteiger charge is 2.14. The number of aromatic amines is 2. The molecule has 158 valence electrons. The molecule has 0 radical (unpaired) electrons. The number of aryl methyl sites for hydroxylation is 1. The molecule has 0 aliphatic rings. The summed E-state index contributed by atoms with van der Waals surface area (Å²) in [4.78, 5) is 26.5. The number of carbonyl (C=O) groups is 1. The Morgan fingerprint density at radius 2 is 1.94 bits per heavy atom. The first-order valence-electron chi connectivity index (χ1n) is 9.19. The molecule has 9 nitrogen and oxygen atoms in total. The van der Waals surface area contributed by atoms with E-state index in [-0.39, 0.29) is 22.5 Å². The van der Waals surface area contributed by atoms with Crippen LogP contribution in [0.5, 0.6) is 0 Å². The number of rotatable bonds is 7. The molecule has 11 heteroatoms. The summed E-state index contributed by atoms with van der Waals surface area (Å²) >= 11 is 1.34. The van der Waals surface area contributed by atoms with Crippen molar-refractivity contribution in [1.29, 1.82) is 0 Å². The van der Waals surface area contributed by atoms with Gasteiger partial charge in [0, 0.05) is 11.6 Å². The van der Waals surface area contributed by atoms with E-state index >= 15 is 0 Å². The number of fused-ring (bicyclic) bond motifs is 1. The molecule has 0 spiro atoms. The molecular formula is C20H18N6O3S2. The Labute approximate surface area is 182 Å². The van der Waals surface area contributed by atoms with Crippen LogP contribution >= 0.6 is 11.8 Å². The molecule has 0 fully saturated rings. The van der Waals surface area contributed by atoms with E-state index in [1.54, 1.807) is 13.0 Å². The SMILES string of the molecule is Cc1ccnc([N-]S(=O)(=O)c2ccc(NC(=O)CSc3[nH]c4ccccc4[nH+]3)cc2)n1. The molecule has 0 unspecified atom stereocenters. The number of H-pyrrole nitrogens is 2. The van der Waals surface area contributed by atoms with Crippen molar-refractivity contribution in [2.75, 3.05) is 11.1 Å². The maximum atomic E-state index is 12.4. The number of hydrogen-bond donors (Lipinski definition) is 2. The first-order valence-corrected chi connectivity index (χ1v) is 11.6. The third-order valence-corrected chi connectivity index (χ3v) is 6.36. The van der Waals surface area contributed by atoms with Gasteiger partial charge in [-0.2, -0.15) is 0 Å². The van der Waals surface area contributed by atoms with Crippen molar-refractivity contribution < 1.29 is 18.2 Å². The Bertz CT molecular complexity index is 1300. The fourth-order valence-corrected chi connectivity index (χ4v) is 4.33. The van der Waals surface area contributed by atoms with Gasteiger partial charge in [0.05, 0.1) is 10.6 Å². The van der Waals surface area contributed by atoms with Crippen molar-refractivity contribution in [2.24, 2.45) is 0 Å².